The van der Waals surface area contributed by atoms with Gasteiger partial charge in [0.05, 0.1) is 31.0 Å². The molecule has 4 rings (SSSR count). The quantitative estimate of drug-likeness (QED) is 0.492. The lowest BCUT2D eigenvalue weighted by Gasteiger charge is -2.35. The highest BCUT2D eigenvalue weighted by atomic mass is 16.5. The molecule has 0 saturated heterocycles. The largest absolute Gasteiger partial charge is 0.497 e. The molecule has 0 saturated carbocycles. The topological polar surface area (TPSA) is 86.8 Å². The molecule has 184 valence electrons. The molecule has 7 heteroatoms. The number of fused-ring (bicyclic) bond motifs is 2. The number of ether oxygens (including phenoxy) is 3. The number of aryl methyl sites for hydroxylation is 1. The first-order valence-corrected chi connectivity index (χ1v) is 11.8. The zero-order valence-electron chi connectivity index (χ0n) is 20.9. The first-order valence-electron chi connectivity index (χ1n) is 11.8. The number of methoxy groups -OCH3 is 2. The predicted octanol–water partition coefficient (Wildman–Crippen LogP) is 5.20. The van der Waals surface area contributed by atoms with E-state index in [1.165, 1.54) is 7.11 Å². The predicted molar refractivity (Wildman–Crippen MR) is 135 cm³/mol. The van der Waals surface area contributed by atoms with E-state index in [4.69, 9.17) is 19.2 Å². The molecule has 1 atom stereocenters. The highest BCUT2D eigenvalue weighted by Gasteiger charge is 2.33. The van der Waals surface area contributed by atoms with Crippen LogP contribution in [0.15, 0.2) is 42.5 Å². The standard InChI is InChI=1S/C28H32N2O5/c1-28(2,3)17-10-12-22-20(14-17)26(19-8-6-7-9-21(19)29-22)27(32)35-16-25(31)30-23-13-11-18(33-4)15-24(23)34-5/h6-9,11,13,15,17H,10,12,14,16H2,1-5H3,(H,30,31)/t17-/m0/s1. The second-order valence-corrected chi connectivity index (χ2v) is 9.93. The number of carbonyl (C=O) groups is 2. The van der Waals surface area contributed by atoms with Gasteiger partial charge >= 0.3 is 5.97 Å². The number of hydrogen-bond acceptors (Lipinski definition) is 6. The molecular formula is C28H32N2O5. The molecule has 1 aliphatic rings. The first-order chi connectivity index (χ1) is 16.7. The van der Waals surface area contributed by atoms with Crippen LogP contribution in [0.5, 0.6) is 11.5 Å². The van der Waals surface area contributed by atoms with Crippen molar-refractivity contribution in [1.29, 1.82) is 0 Å². The van der Waals surface area contributed by atoms with Crippen molar-refractivity contribution in [2.45, 2.75) is 40.0 Å². The van der Waals surface area contributed by atoms with Crippen LogP contribution in [0.4, 0.5) is 5.69 Å². The van der Waals surface area contributed by atoms with Crippen LogP contribution < -0.4 is 14.8 Å². The fourth-order valence-electron chi connectivity index (χ4n) is 4.65. The number of nitrogens with zero attached hydrogens (tertiary/aromatic N) is 1. The summed E-state index contributed by atoms with van der Waals surface area (Å²) in [5, 5.41) is 3.49. The summed E-state index contributed by atoms with van der Waals surface area (Å²) >= 11 is 0. The third-order valence-corrected chi connectivity index (χ3v) is 6.71. The molecule has 0 unspecified atom stereocenters. The minimum absolute atomic E-state index is 0.113. The van der Waals surface area contributed by atoms with Crippen LogP contribution in [0.25, 0.3) is 10.9 Å². The third kappa shape index (κ3) is 5.24. The summed E-state index contributed by atoms with van der Waals surface area (Å²) in [4.78, 5) is 30.8. The van der Waals surface area contributed by atoms with Gasteiger partial charge in [-0.15, -0.1) is 0 Å². The number of hydrogen-bond donors (Lipinski definition) is 1. The van der Waals surface area contributed by atoms with Gasteiger partial charge in [-0.05, 0) is 54.4 Å². The summed E-state index contributed by atoms with van der Waals surface area (Å²) in [5.41, 5.74) is 3.76. The summed E-state index contributed by atoms with van der Waals surface area (Å²) in [6.07, 6.45) is 2.61. The lowest BCUT2D eigenvalue weighted by molar-refractivity contribution is -0.119. The fraction of sp³-hybridized carbons (Fsp3) is 0.393. The van der Waals surface area contributed by atoms with Gasteiger partial charge in [-0.2, -0.15) is 0 Å². The lowest BCUT2D eigenvalue weighted by Crippen LogP contribution is -2.29. The molecule has 1 aromatic heterocycles. The Bertz CT molecular complexity index is 1260. The van der Waals surface area contributed by atoms with Crippen molar-refractivity contribution in [2.24, 2.45) is 11.3 Å². The van der Waals surface area contributed by atoms with E-state index in [0.717, 1.165) is 41.4 Å². The second kappa shape index (κ2) is 9.94. The van der Waals surface area contributed by atoms with Crippen molar-refractivity contribution in [3.63, 3.8) is 0 Å². The maximum Gasteiger partial charge on any atom is 0.339 e. The van der Waals surface area contributed by atoms with Crippen LogP contribution in [0.3, 0.4) is 0 Å². The normalized spacial score (nSPS) is 15.3. The Morgan fingerprint density at radius 3 is 2.57 bits per heavy atom. The van der Waals surface area contributed by atoms with E-state index in [0.29, 0.717) is 28.7 Å². The molecule has 1 heterocycles. The van der Waals surface area contributed by atoms with Gasteiger partial charge < -0.3 is 19.5 Å². The van der Waals surface area contributed by atoms with Crippen LogP contribution in [0.1, 0.15) is 48.8 Å². The number of aromatic nitrogens is 1. The van der Waals surface area contributed by atoms with Gasteiger partial charge in [-0.3, -0.25) is 9.78 Å². The van der Waals surface area contributed by atoms with Crippen LogP contribution in [-0.4, -0.2) is 37.7 Å². The highest BCUT2D eigenvalue weighted by molar-refractivity contribution is 6.06. The number of benzene rings is 2. The summed E-state index contributed by atoms with van der Waals surface area (Å²) in [5.74, 6) is 0.517. The van der Waals surface area contributed by atoms with Gasteiger partial charge in [0.25, 0.3) is 5.91 Å². The Kier molecular flexibility index (Phi) is 6.96. The molecule has 3 aromatic rings. The van der Waals surface area contributed by atoms with Crippen LogP contribution in [0, 0.1) is 11.3 Å². The van der Waals surface area contributed by atoms with Crippen molar-refractivity contribution in [3.8, 4) is 11.5 Å². The number of carbonyl (C=O) groups excluding carboxylic acids is 2. The summed E-state index contributed by atoms with van der Waals surface area (Å²) in [7, 11) is 3.06. The zero-order valence-corrected chi connectivity index (χ0v) is 20.9. The van der Waals surface area contributed by atoms with E-state index in [1.54, 1.807) is 25.3 Å². The molecule has 0 spiro atoms. The molecule has 0 fully saturated rings. The number of anilines is 1. The average Bonchev–Trinajstić information content (AvgIpc) is 2.85. The van der Waals surface area contributed by atoms with Crippen molar-refractivity contribution in [3.05, 3.63) is 59.3 Å². The number of amides is 1. The Morgan fingerprint density at radius 1 is 1.09 bits per heavy atom. The van der Waals surface area contributed by atoms with Crippen molar-refractivity contribution in [2.75, 3.05) is 26.1 Å². The summed E-state index contributed by atoms with van der Waals surface area (Å²) in [6, 6.07) is 12.7. The number of rotatable bonds is 6. The van der Waals surface area contributed by atoms with Gasteiger partial charge in [-0.25, -0.2) is 4.79 Å². The van der Waals surface area contributed by atoms with Crippen molar-refractivity contribution < 1.29 is 23.8 Å². The average molecular weight is 477 g/mol. The van der Waals surface area contributed by atoms with Gasteiger partial charge in [0.1, 0.15) is 11.5 Å². The van der Waals surface area contributed by atoms with E-state index < -0.39 is 18.5 Å². The Morgan fingerprint density at radius 2 is 1.86 bits per heavy atom. The Labute approximate surface area is 205 Å². The minimum Gasteiger partial charge on any atom is -0.497 e. The van der Waals surface area contributed by atoms with Crippen molar-refractivity contribution in [1.82, 2.24) is 4.98 Å². The SMILES string of the molecule is COc1ccc(NC(=O)COC(=O)c2c3c(nc4ccccc24)CC[C@H](C(C)(C)C)C3)c(OC)c1. The highest BCUT2D eigenvalue weighted by Crippen LogP contribution is 2.39. The monoisotopic (exact) mass is 476 g/mol. The van der Waals surface area contributed by atoms with E-state index in [2.05, 4.69) is 26.1 Å². The molecule has 0 aliphatic heterocycles. The third-order valence-electron chi connectivity index (χ3n) is 6.71. The van der Waals surface area contributed by atoms with Gasteiger partial charge in [0, 0.05) is 17.1 Å². The maximum atomic E-state index is 13.4. The van der Waals surface area contributed by atoms with E-state index in [1.807, 2.05) is 24.3 Å². The summed E-state index contributed by atoms with van der Waals surface area (Å²) < 4.78 is 16.0. The Hall–Kier alpha value is -3.61. The first kappa shape index (κ1) is 24.5. The van der Waals surface area contributed by atoms with Crippen LogP contribution in [-0.2, 0) is 22.4 Å². The van der Waals surface area contributed by atoms with E-state index in [9.17, 15) is 9.59 Å². The second-order valence-electron chi connectivity index (χ2n) is 9.93. The molecule has 1 amide bonds. The lowest BCUT2D eigenvalue weighted by atomic mass is 9.70. The van der Waals surface area contributed by atoms with E-state index in [-0.39, 0.29) is 5.41 Å². The molecule has 35 heavy (non-hydrogen) atoms. The molecule has 1 aliphatic carbocycles. The van der Waals surface area contributed by atoms with E-state index >= 15 is 0 Å². The smallest absolute Gasteiger partial charge is 0.339 e. The molecule has 2 aromatic carbocycles. The minimum atomic E-state index is -0.508. The number of esters is 1. The van der Waals surface area contributed by atoms with Crippen molar-refractivity contribution >= 4 is 28.5 Å². The number of nitrogens with one attached hydrogen (secondary N) is 1. The fourth-order valence-corrected chi connectivity index (χ4v) is 4.65. The number of para-hydroxylation sites is 1. The van der Waals surface area contributed by atoms with Crippen LogP contribution >= 0.6 is 0 Å². The molecule has 7 nitrogen and oxygen atoms in total. The van der Waals surface area contributed by atoms with Gasteiger partial charge in [-0.1, -0.05) is 39.0 Å². The van der Waals surface area contributed by atoms with Gasteiger partial charge in [0.2, 0.25) is 0 Å². The van der Waals surface area contributed by atoms with Crippen LogP contribution in [0.2, 0.25) is 0 Å². The van der Waals surface area contributed by atoms with Gasteiger partial charge in [0.15, 0.2) is 6.61 Å². The molecular weight excluding hydrogens is 444 g/mol. The number of pyridine rings is 1. The zero-order chi connectivity index (χ0) is 25.2. The maximum absolute atomic E-state index is 13.4. The molecule has 1 N–H and O–H groups in total. The molecule has 0 bridgehead atoms. The Balaban J connectivity index is 1.57. The summed E-state index contributed by atoms with van der Waals surface area (Å²) in [6.45, 7) is 6.27. The molecule has 0 radical (unpaired) electrons.